The highest BCUT2D eigenvalue weighted by molar-refractivity contribution is 5.92. The standard InChI is InChI=1S/C17H23N3O3/c1-12(2)20-9-8-16(19-20)17(22)18-10-14(11-21)13-4-6-15(23-3)7-5-13/h4-9,12,14,21H,10-11H2,1-3H3,(H,18,22)/t14-/m1/s1. The number of methoxy groups -OCH3 is 1. The van der Waals surface area contributed by atoms with Crippen LogP contribution in [0.3, 0.4) is 0 Å². The molecule has 1 amide bonds. The Balaban J connectivity index is 1.97. The molecule has 0 fully saturated rings. The molecule has 0 spiro atoms. The summed E-state index contributed by atoms with van der Waals surface area (Å²) in [5.74, 6) is 0.349. The number of hydrogen-bond donors (Lipinski definition) is 2. The summed E-state index contributed by atoms with van der Waals surface area (Å²) in [6.07, 6.45) is 1.78. The normalized spacial score (nSPS) is 12.2. The maximum atomic E-state index is 12.1. The van der Waals surface area contributed by atoms with Gasteiger partial charge >= 0.3 is 0 Å². The fourth-order valence-electron chi connectivity index (χ4n) is 2.22. The van der Waals surface area contributed by atoms with Gasteiger partial charge in [0, 0.05) is 24.7 Å². The Bertz CT molecular complexity index is 635. The summed E-state index contributed by atoms with van der Waals surface area (Å²) in [6, 6.07) is 9.35. The van der Waals surface area contributed by atoms with Crippen molar-refractivity contribution >= 4 is 5.91 Å². The van der Waals surface area contributed by atoms with Crippen LogP contribution in [0.4, 0.5) is 0 Å². The Hall–Kier alpha value is -2.34. The molecule has 0 bridgehead atoms. The molecule has 6 heteroatoms. The number of nitrogens with zero attached hydrogens (tertiary/aromatic N) is 2. The smallest absolute Gasteiger partial charge is 0.271 e. The maximum absolute atomic E-state index is 12.1. The number of benzene rings is 1. The second-order valence-electron chi connectivity index (χ2n) is 5.64. The maximum Gasteiger partial charge on any atom is 0.271 e. The molecule has 124 valence electrons. The molecular weight excluding hydrogens is 294 g/mol. The van der Waals surface area contributed by atoms with E-state index in [2.05, 4.69) is 10.4 Å². The van der Waals surface area contributed by atoms with Gasteiger partial charge in [-0.1, -0.05) is 12.1 Å². The summed E-state index contributed by atoms with van der Waals surface area (Å²) in [4.78, 5) is 12.1. The number of aliphatic hydroxyl groups excluding tert-OH is 1. The van der Waals surface area contributed by atoms with Gasteiger partial charge in [0.15, 0.2) is 0 Å². The Morgan fingerprint density at radius 1 is 1.30 bits per heavy atom. The zero-order valence-electron chi connectivity index (χ0n) is 13.7. The van der Waals surface area contributed by atoms with Gasteiger partial charge in [-0.25, -0.2) is 0 Å². The van der Waals surface area contributed by atoms with Gasteiger partial charge in [-0.2, -0.15) is 5.10 Å². The Morgan fingerprint density at radius 2 is 2.00 bits per heavy atom. The summed E-state index contributed by atoms with van der Waals surface area (Å²) in [6.45, 7) is 4.30. The molecule has 1 atom stereocenters. The van der Waals surface area contributed by atoms with Crippen LogP contribution in [0.1, 0.15) is 41.9 Å². The number of amides is 1. The minimum atomic E-state index is -0.239. The summed E-state index contributed by atoms with van der Waals surface area (Å²) < 4.78 is 6.86. The van der Waals surface area contributed by atoms with Crippen molar-refractivity contribution in [2.45, 2.75) is 25.8 Å². The molecule has 2 aromatic rings. The van der Waals surface area contributed by atoms with Crippen molar-refractivity contribution in [2.24, 2.45) is 0 Å². The molecule has 2 rings (SSSR count). The van der Waals surface area contributed by atoms with E-state index >= 15 is 0 Å². The van der Waals surface area contributed by atoms with Gasteiger partial charge in [0.05, 0.1) is 13.7 Å². The van der Waals surface area contributed by atoms with Crippen LogP contribution < -0.4 is 10.1 Å². The van der Waals surface area contributed by atoms with Crippen LogP contribution in [0, 0.1) is 0 Å². The van der Waals surface area contributed by atoms with Gasteiger partial charge in [-0.05, 0) is 37.6 Å². The second-order valence-corrected chi connectivity index (χ2v) is 5.64. The number of nitrogens with one attached hydrogen (secondary N) is 1. The number of ether oxygens (including phenoxy) is 1. The van der Waals surface area contributed by atoms with Gasteiger partial charge in [0.1, 0.15) is 11.4 Å². The zero-order valence-corrected chi connectivity index (χ0v) is 13.7. The van der Waals surface area contributed by atoms with Crippen LogP contribution in [0.15, 0.2) is 36.5 Å². The zero-order chi connectivity index (χ0) is 16.8. The van der Waals surface area contributed by atoms with Crippen molar-refractivity contribution in [1.29, 1.82) is 0 Å². The molecule has 1 aromatic carbocycles. The molecule has 6 nitrogen and oxygen atoms in total. The number of aliphatic hydroxyl groups is 1. The summed E-state index contributed by atoms with van der Waals surface area (Å²) in [7, 11) is 1.61. The first-order valence-corrected chi connectivity index (χ1v) is 7.63. The molecule has 2 N–H and O–H groups in total. The quantitative estimate of drug-likeness (QED) is 0.818. The number of carbonyl (C=O) groups is 1. The number of carbonyl (C=O) groups excluding carboxylic acids is 1. The molecule has 0 aliphatic carbocycles. The van der Waals surface area contributed by atoms with E-state index in [0.717, 1.165) is 11.3 Å². The molecule has 23 heavy (non-hydrogen) atoms. The predicted molar refractivity (Wildman–Crippen MR) is 87.8 cm³/mol. The SMILES string of the molecule is COc1ccc([C@@H](CO)CNC(=O)c2ccn(C(C)C)n2)cc1. The lowest BCUT2D eigenvalue weighted by Gasteiger charge is -2.15. The first-order valence-electron chi connectivity index (χ1n) is 7.63. The third kappa shape index (κ3) is 4.32. The second kappa shape index (κ2) is 7.78. The average Bonchev–Trinajstić information content (AvgIpc) is 3.06. The minimum Gasteiger partial charge on any atom is -0.497 e. The summed E-state index contributed by atoms with van der Waals surface area (Å²) in [5.41, 5.74) is 1.33. The summed E-state index contributed by atoms with van der Waals surface area (Å²) >= 11 is 0. The van der Waals surface area contributed by atoms with E-state index in [1.165, 1.54) is 0 Å². The predicted octanol–water partition coefficient (Wildman–Crippen LogP) is 1.98. The van der Waals surface area contributed by atoms with Gasteiger partial charge in [-0.15, -0.1) is 0 Å². The molecule has 0 aliphatic heterocycles. The topological polar surface area (TPSA) is 76.4 Å². The van der Waals surface area contributed by atoms with E-state index in [9.17, 15) is 9.90 Å². The van der Waals surface area contributed by atoms with Crippen LogP contribution in [-0.2, 0) is 0 Å². The molecule has 1 heterocycles. The van der Waals surface area contributed by atoms with Gasteiger partial charge in [0.2, 0.25) is 0 Å². The Morgan fingerprint density at radius 3 is 2.52 bits per heavy atom. The van der Waals surface area contributed by atoms with Crippen LogP contribution in [-0.4, -0.2) is 41.1 Å². The van der Waals surface area contributed by atoms with Crippen molar-refractivity contribution in [2.75, 3.05) is 20.3 Å². The minimum absolute atomic E-state index is 0.0486. The van der Waals surface area contributed by atoms with E-state index in [0.29, 0.717) is 12.2 Å². The average molecular weight is 317 g/mol. The highest BCUT2D eigenvalue weighted by atomic mass is 16.5. The van der Waals surface area contributed by atoms with Crippen LogP contribution in [0.5, 0.6) is 5.75 Å². The lowest BCUT2D eigenvalue weighted by molar-refractivity contribution is 0.0941. The number of hydrogen-bond acceptors (Lipinski definition) is 4. The van der Waals surface area contributed by atoms with Crippen molar-refractivity contribution < 1.29 is 14.6 Å². The highest BCUT2D eigenvalue weighted by Crippen LogP contribution is 2.18. The van der Waals surface area contributed by atoms with Crippen LogP contribution in [0.25, 0.3) is 0 Å². The number of rotatable bonds is 7. The van der Waals surface area contributed by atoms with Gasteiger partial charge in [0.25, 0.3) is 5.91 Å². The fourth-order valence-corrected chi connectivity index (χ4v) is 2.22. The van der Waals surface area contributed by atoms with Gasteiger partial charge < -0.3 is 15.2 Å². The van der Waals surface area contributed by atoms with Crippen molar-refractivity contribution in [1.82, 2.24) is 15.1 Å². The lowest BCUT2D eigenvalue weighted by atomic mass is 10.00. The Kier molecular flexibility index (Phi) is 5.76. The fraction of sp³-hybridized carbons (Fsp3) is 0.412. The molecule has 0 aliphatic rings. The van der Waals surface area contributed by atoms with Crippen molar-refractivity contribution in [3.05, 3.63) is 47.8 Å². The van der Waals surface area contributed by atoms with Gasteiger partial charge in [-0.3, -0.25) is 9.48 Å². The van der Waals surface area contributed by atoms with E-state index in [1.54, 1.807) is 24.1 Å². The first kappa shape index (κ1) is 17.0. The van der Waals surface area contributed by atoms with E-state index in [-0.39, 0.29) is 24.5 Å². The van der Waals surface area contributed by atoms with E-state index < -0.39 is 0 Å². The largest absolute Gasteiger partial charge is 0.497 e. The third-order valence-electron chi connectivity index (χ3n) is 3.69. The molecular formula is C17H23N3O3. The summed E-state index contributed by atoms with van der Waals surface area (Å²) in [5, 5.41) is 16.6. The van der Waals surface area contributed by atoms with Crippen molar-refractivity contribution in [3.8, 4) is 5.75 Å². The third-order valence-corrected chi connectivity index (χ3v) is 3.69. The highest BCUT2D eigenvalue weighted by Gasteiger charge is 2.15. The van der Waals surface area contributed by atoms with E-state index in [1.807, 2.05) is 38.1 Å². The first-order chi connectivity index (χ1) is 11.0. The van der Waals surface area contributed by atoms with E-state index in [4.69, 9.17) is 4.74 Å². The molecule has 0 radical (unpaired) electrons. The van der Waals surface area contributed by atoms with Crippen LogP contribution >= 0.6 is 0 Å². The Labute approximate surface area is 136 Å². The lowest BCUT2D eigenvalue weighted by Crippen LogP contribution is -2.30. The van der Waals surface area contributed by atoms with Crippen molar-refractivity contribution in [3.63, 3.8) is 0 Å². The molecule has 0 unspecified atom stereocenters. The van der Waals surface area contributed by atoms with Crippen LogP contribution in [0.2, 0.25) is 0 Å². The molecule has 0 saturated heterocycles. The molecule has 0 saturated carbocycles. The number of aromatic nitrogens is 2. The monoisotopic (exact) mass is 317 g/mol. The molecule has 1 aromatic heterocycles.